The molecule has 8 nitrogen and oxygen atoms in total. The zero-order valence-corrected chi connectivity index (χ0v) is 30.3. The molecular formula is C36H73N2O6P. The van der Waals surface area contributed by atoms with Crippen LogP contribution < -0.4 is 11.1 Å². The average molecular weight is 661 g/mol. The van der Waals surface area contributed by atoms with Crippen LogP contribution in [0.25, 0.3) is 0 Å². The predicted octanol–water partition coefficient (Wildman–Crippen LogP) is 9.66. The minimum absolute atomic E-state index is 0.0806. The highest BCUT2D eigenvalue weighted by Crippen LogP contribution is 2.43. The number of allylic oxidation sites excluding steroid dienone is 1. The maximum absolute atomic E-state index is 12.6. The van der Waals surface area contributed by atoms with Crippen LogP contribution in [0, 0.1) is 0 Å². The summed E-state index contributed by atoms with van der Waals surface area (Å²) in [6, 6.07) is -0.851. The molecule has 0 aromatic rings. The lowest BCUT2D eigenvalue weighted by molar-refractivity contribution is -0.123. The summed E-state index contributed by atoms with van der Waals surface area (Å²) in [6.07, 6.45) is 34.1. The molecule has 0 aliphatic heterocycles. The van der Waals surface area contributed by atoms with Crippen LogP contribution in [0.5, 0.6) is 0 Å². The van der Waals surface area contributed by atoms with E-state index in [0.717, 1.165) is 38.5 Å². The van der Waals surface area contributed by atoms with Gasteiger partial charge in [-0.25, -0.2) is 4.57 Å². The summed E-state index contributed by atoms with van der Waals surface area (Å²) in [5.74, 6) is -0.195. The first-order valence-corrected chi connectivity index (χ1v) is 20.3. The number of nitrogens with one attached hydrogen (secondary N) is 1. The van der Waals surface area contributed by atoms with Gasteiger partial charge in [-0.3, -0.25) is 13.8 Å². The molecular weight excluding hydrogens is 587 g/mol. The third-order valence-electron chi connectivity index (χ3n) is 8.36. The van der Waals surface area contributed by atoms with Crippen molar-refractivity contribution in [1.82, 2.24) is 5.32 Å². The first-order chi connectivity index (χ1) is 21.9. The Bertz CT molecular complexity index is 724. The number of rotatable bonds is 35. The Balaban J connectivity index is 4.13. The Morgan fingerprint density at radius 2 is 1.13 bits per heavy atom. The van der Waals surface area contributed by atoms with E-state index >= 15 is 0 Å². The van der Waals surface area contributed by atoms with Gasteiger partial charge in [-0.1, -0.05) is 167 Å². The highest BCUT2D eigenvalue weighted by atomic mass is 31.2. The van der Waals surface area contributed by atoms with Crippen LogP contribution in [-0.2, 0) is 18.4 Å². The third kappa shape index (κ3) is 31.6. The summed E-state index contributed by atoms with van der Waals surface area (Å²) < 4.78 is 21.9. The van der Waals surface area contributed by atoms with Crippen LogP contribution in [0.3, 0.4) is 0 Å². The van der Waals surface area contributed by atoms with Gasteiger partial charge in [-0.15, -0.1) is 0 Å². The summed E-state index contributed by atoms with van der Waals surface area (Å²) >= 11 is 0. The van der Waals surface area contributed by atoms with Crippen molar-refractivity contribution < 1.29 is 28.4 Å². The van der Waals surface area contributed by atoms with Crippen molar-refractivity contribution in [2.45, 2.75) is 193 Å². The molecule has 3 unspecified atom stereocenters. The number of nitrogens with two attached hydrogens (primary N) is 1. The van der Waals surface area contributed by atoms with Crippen LogP contribution in [0.4, 0.5) is 0 Å². The zero-order valence-electron chi connectivity index (χ0n) is 29.4. The summed E-state index contributed by atoms with van der Waals surface area (Å²) in [7, 11) is -4.32. The maximum Gasteiger partial charge on any atom is 0.472 e. The second kappa shape index (κ2) is 33.2. The van der Waals surface area contributed by atoms with Gasteiger partial charge >= 0.3 is 7.82 Å². The molecule has 9 heteroatoms. The number of hydrogen-bond acceptors (Lipinski definition) is 6. The minimum atomic E-state index is -4.32. The van der Waals surface area contributed by atoms with Gasteiger partial charge in [-0.2, -0.15) is 0 Å². The molecule has 0 fully saturated rings. The normalized spacial score (nSPS) is 14.5. The lowest BCUT2D eigenvalue weighted by Crippen LogP contribution is -2.45. The molecule has 0 heterocycles. The van der Waals surface area contributed by atoms with E-state index in [4.69, 9.17) is 14.8 Å². The Labute approximate surface area is 277 Å². The molecule has 0 aromatic heterocycles. The summed E-state index contributed by atoms with van der Waals surface area (Å²) in [5, 5.41) is 13.5. The van der Waals surface area contributed by atoms with E-state index in [1.54, 1.807) is 6.08 Å². The molecule has 0 aliphatic rings. The SMILES string of the molecule is CCCCCCCC/C=C/C(O)C(COP(=O)(O)OCCN)NC(=O)CCCCCCCCCCCCCCCCCCCC. The van der Waals surface area contributed by atoms with E-state index in [1.807, 2.05) is 6.08 Å². The molecule has 45 heavy (non-hydrogen) atoms. The summed E-state index contributed by atoms with van der Waals surface area (Å²) in [4.78, 5) is 22.5. The molecule has 3 atom stereocenters. The first kappa shape index (κ1) is 44.2. The molecule has 1 amide bonds. The largest absolute Gasteiger partial charge is 0.472 e. The van der Waals surface area contributed by atoms with E-state index in [-0.39, 0.29) is 25.7 Å². The second-order valence-corrected chi connectivity index (χ2v) is 14.2. The highest BCUT2D eigenvalue weighted by molar-refractivity contribution is 7.47. The van der Waals surface area contributed by atoms with Gasteiger partial charge in [-0.05, 0) is 19.3 Å². The van der Waals surface area contributed by atoms with Crippen LogP contribution in [0.15, 0.2) is 12.2 Å². The van der Waals surface area contributed by atoms with Crippen molar-refractivity contribution in [2.24, 2.45) is 5.73 Å². The van der Waals surface area contributed by atoms with E-state index in [0.29, 0.717) is 6.42 Å². The third-order valence-corrected chi connectivity index (χ3v) is 9.35. The van der Waals surface area contributed by atoms with Gasteiger partial charge in [0.25, 0.3) is 0 Å². The number of unbranched alkanes of at least 4 members (excludes halogenated alkanes) is 23. The highest BCUT2D eigenvalue weighted by Gasteiger charge is 2.26. The quantitative estimate of drug-likeness (QED) is 0.0302. The molecule has 268 valence electrons. The van der Waals surface area contributed by atoms with Gasteiger partial charge in [0.15, 0.2) is 0 Å². The van der Waals surface area contributed by atoms with E-state index in [9.17, 15) is 19.4 Å². The van der Waals surface area contributed by atoms with Crippen molar-refractivity contribution in [3.63, 3.8) is 0 Å². The van der Waals surface area contributed by atoms with Crippen LogP contribution in [0.1, 0.15) is 181 Å². The number of phosphoric ester groups is 1. The number of hydrogen-bond donors (Lipinski definition) is 4. The summed E-state index contributed by atoms with van der Waals surface area (Å²) in [6.45, 7) is 4.09. The molecule has 0 radical (unpaired) electrons. The van der Waals surface area contributed by atoms with Gasteiger partial charge in [0.1, 0.15) is 0 Å². The fraction of sp³-hybridized carbons (Fsp3) is 0.917. The topological polar surface area (TPSA) is 131 Å². The Hall–Kier alpha value is -0.760. The number of carbonyl (C=O) groups excluding carboxylic acids is 1. The number of aliphatic hydroxyl groups is 1. The van der Waals surface area contributed by atoms with E-state index in [2.05, 4.69) is 19.2 Å². The number of aliphatic hydroxyl groups excluding tert-OH is 1. The van der Waals surface area contributed by atoms with Crippen LogP contribution in [-0.4, -0.2) is 47.8 Å². The molecule has 0 spiro atoms. The van der Waals surface area contributed by atoms with Crippen molar-refractivity contribution in [3.05, 3.63) is 12.2 Å². The van der Waals surface area contributed by atoms with Crippen molar-refractivity contribution in [1.29, 1.82) is 0 Å². The van der Waals surface area contributed by atoms with Gasteiger partial charge in [0.2, 0.25) is 5.91 Å². The number of amides is 1. The monoisotopic (exact) mass is 661 g/mol. The lowest BCUT2D eigenvalue weighted by Gasteiger charge is -2.23. The van der Waals surface area contributed by atoms with E-state index < -0.39 is 20.0 Å². The number of carbonyl (C=O) groups is 1. The minimum Gasteiger partial charge on any atom is -0.387 e. The second-order valence-electron chi connectivity index (χ2n) is 12.8. The molecule has 0 rings (SSSR count). The van der Waals surface area contributed by atoms with E-state index in [1.165, 1.54) is 122 Å². The number of phosphoric acid groups is 1. The van der Waals surface area contributed by atoms with Crippen LogP contribution >= 0.6 is 7.82 Å². The molecule has 0 saturated carbocycles. The molecule has 5 N–H and O–H groups in total. The fourth-order valence-electron chi connectivity index (χ4n) is 5.48. The van der Waals surface area contributed by atoms with Crippen LogP contribution in [0.2, 0.25) is 0 Å². The van der Waals surface area contributed by atoms with Gasteiger partial charge in [0, 0.05) is 13.0 Å². The Morgan fingerprint density at radius 1 is 0.711 bits per heavy atom. The molecule has 0 aromatic carbocycles. The standard InChI is InChI=1S/C36H73N2O6P/c1-3-5-7-9-11-13-14-15-16-17-18-19-20-21-22-24-26-28-30-36(40)38-34(33-44-45(41,42)43-32-31-37)35(39)29-27-25-23-12-10-8-6-4-2/h27,29,34-35,39H,3-26,28,30-33,37H2,1-2H3,(H,38,40)(H,41,42)/b29-27+. The van der Waals surface area contributed by atoms with Crippen molar-refractivity contribution in [2.75, 3.05) is 19.8 Å². The smallest absolute Gasteiger partial charge is 0.387 e. The average Bonchev–Trinajstić information content (AvgIpc) is 3.02. The van der Waals surface area contributed by atoms with Crippen molar-refractivity contribution >= 4 is 13.7 Å². The molecule has 0 aliphatic carbocycles. The fourth-order valence-corrected chi connectivity index (χ4v) is 6.24. The van der Waals surface area contributed by atoms with Gasteiger partial charge in [0.05, 0.1) is 25.4 Å². The zero-order chi connectivity index (χ0) is 33.3. The first-order valence-electron chi connectivity index (χ1n) is 18.8. The molecule has 0 saturated heterocycles. The van der Waals surface area contributed by atoms with Gasteiger partial charge < -0.3 is 21.1 Å². The predicted molar refractivity (Wildman–Crippen MR) is 189 cm³/mol. The maximum atomic E-state index is 12.6. The Morgan fingerprint density at radius 3 is 1.58 bits per heavy atom. The lowest BCUT2D eigenvalue weighted by atomic mass is 10.0. The summed E-state index contributed by atoms with van der Waals surface area (Å²) in [5.41, 5.74) is 5.34. The Kier molecular flexibility index (Phi) is 32.6. The molecule has 0 bridgehead atoms. The van der Waals surface area contributed by atoms with Crippen molar-refractivity contribution in [3.8, 4) is 0 Å².